The third kappa shape index (κ3) is 4.30. The van der Waals surface area contributed by atoms with Gasteiger partial charge in [-0.15, -0.1) is 0 Å². The van der Waals surface area contributed by atoms with Crippen LogP contribution in [-0.2, 0) is 6.42 Å². The number of nitrogens with zero attached hydrogens (tertiary/aromatic N) is 3. The van der Waals surface area contributed by atoms with Gasteiger partial charge in [-0.25, -0.2) is 0 Å². The average molecular weight is 309 g/mol. The number of hydrogen-bond acceptors (Lipinski definition) is 5. The molecule has 1 amide bonds. The summed E-state index contributed by atoms with van der Waals surface area (Å²) in [4.78, 5) is 16.3. The van der Waals surface area contributed by atoms with Gasteiger partial charge in [-0.05, 0) is 39.8 Å². The molecule has 1 aliphatic heterocycles. The number of carbonyl (C=O) groups is 1. The third-order valence-corrected chi connectivity index (χ3v) is 4.09. The second-order valence-electron chi connectivity index (χ2n) is 6.54. The molecule has 0 aliphatic carbocycles. The maximum Gasteiger partial charge on any atom is 0.276 e. The molecule has 6 heteroatoms. The van der Waals surface area contributed by atoms with Crippen LogP contribution < -0.4 is 0 Å². The number of aliphatic hydroxyl groups is 1. The quantitative estimate of drug-likeness (QED) is 0.893. The summed E-state index contributed by atoms with van der Waals surface area (Å²) in [7, 11) is 3.91. The van der Waals surface area contributed by atoms with Gasteiger partial charge in [0.2, 0.25) is 0 Å². The molecule has 0 radical (unpaired) electrons. The van der Waals surface area contributed by atoms with Gasteiger partial charge in [0, 0.05) is 32.1 Å². The summed E-state index contributed by atoms with van der Waals surface area (Å²) in [5, 5.41) is 14.5. The number of carbonyl (C=O) groups excluding carboxylic acids is 1. The van der Waals surface area contributed by atoms with E-state index in [0.717, 1.165) is 31.4 Å². The minimum Gasteiger partial charge on any atom is -0.388 e. The fourth-order valence-electron chi connectivity index (χ4n) is 3.07. The van der Waals surface area contributed by atoms with E-state index >= 15 is 0 Å². The first kappa shape index (κ1) is 17.0. The van der Waals surface area contributed by atoms with E-state index in [1.54, 1.807) is 11.0 Å². The maximum absolute atomic E-state index is 12.5. The summed E-state index contributed by atoms with van der Waals surface area (Å²) in [6.45, 7) is 3.90. The highest BCUT2D eigenvalue weighted by Crippen LogP contribution is 2.24. The van der Waals surface area contributed by atoms with Gasteiger partial charge in [-0.1, -0.05) is 12.1 Å². The standard InChI is InChI=1S/C16H27N3O3/c1-4-6-13-11-14(17-22-13)15(20)19-9-5-7-16(21,8-10-19)12-18(2)3/h11,21H,4-10,12H2,1-3H3/t16-/m0/s1. The van der Waals surface area contributed by atoms with Crippen molar-refractivity contribution in [3.63, 3.8) is 0 Å². The monoisotopic (exact) mass is 309 g/mol. The molecule has 22 heavy (non-hydrogen) atoms. The third-order valence-electron chi connectivity index (χ3n) is 4.09. The van der Waals surface area contributed by atoms with Crippen LogP contribution in [0.15, 0.2) is 10.6 Å². The molecule has 1 atom stereocenters. The lowest BCUT2D eigenvalue weighted by Gasteiger charge is -2.29. The molecule has 1 N–H and O–H groups in total. The van der Waals surface area contributed by atoms with E-state index < -0.39 is 5.60 Å². The van der Waals surface area contributed by atoms with Crippen molar-refractivity contribution in [1.82, 2.24) is 15.0 Å². The highest BCUT2D eigenvalue weighted by Gasteiger charge is 2.32. The highest BCUT2D eigenvalue weighted by atomic mass is 16.5. The van der Waals surface area contributed by atoms with Crippen LogP contribution in [0, 0.1) is 0 Å². The molecule has 124 valence electrons. The van der Waals surface area contributed by atoms with Crippen LogP contribution >= 0.6 is 0 Å². The van der Waals surface area contributed by atoms with Gasteiger partial charge in [0.1, 0.15) is 5.76 Å². The van der Waals surface area contributed by atoms with Crippen LogP contribution in [0.5, 0.6) is 0 Å². The van der Waals surface area contributed by atoms with Crippen molar-refractivity contribution in [3.05, 3.63) is 17.5 Å². The van der Waals surface area contributed by atoms with Gasteiger partial charge < -0.3 is 19.4 Å². The van der Waals surface area contributed by atoms with E-state index in [-0.39, 0.29) is 5.91 Å². The van der Waals surface area contributed by atoms with Crippen molar-refractivity contribution in [2.75, 3.05) is 33.7 Å². The Morgan fingerprint density at radius 3 is 2.91 bits per heavy atom. The first-order valence-electron chi connectivity index (χ1n) is 8.05. The Balaban J connectivity index is 1.99. The summed E-state index contributed by atoms with van der Waals surface area (Å²) >= 11 is 0. The number of aryl methyl sites for hydroxylation is 1. The first-order chi connectivity index (χ1) is 10.4. The molecule has 0 aromatic carbocycles. The topological polar surface area (TPSA) is 69.8 Å². The van der Waals surface area contributed by atoms with E-state index in [4.69, 9.17) is 4.52 Å². The summed E-state index contributed by atoms with van der Waals surface area (Å²) in [5.41, 5.74) is -0.336. The predicted molar refractivity (Wildman–Crippen MR) is 83.8 cm³/mol. The lowest BCUT2D eigenvalue weighted by molar-refractivity contribution is 0.00303. The molecule has 6 nitrogen and oxygen atoms in total. The summed E-state index contributed by atoms with van der Waals surface area (Å²) in [5.74, 6) is 0.657. The van der Waals surface area contributed by atoms with E-state index in [0.29, 0.717) is 31.7 Å². The molecular weight excluding hydrogens is 282 g/mol. The Morgan fingerprint density at radius 1 is 1.45 bits per heavy atom. The predicted octanol–water partition coefficient (Wildman–Crippen LogP) is 1.55. The summed E-state index contributed by atoms with van der Waals surface area (Å²) in [6, 6.07) is 1.74. The Bertz CT molecular complexity index is 501. The lowest BCUT2D eigenvalue weighted by Crippen LogP contribution is -2.41. The van der Waals surface area contributed by atoms with Gasteiger partial charge in [0.05, 0.1) is 5.60 Å². The van der Waals surface area contributed by atoms with Crippen LogP contribution in [0.2, 0.25) is 0 Å². The highest BCUT2D eigenvalue weighted by molar-refractivity contribution is 5.92. The van der Waals surface area contributed by atoms with Gasteiger partial charge in [-0.2, -0.15) is 0 Å². The molecule has 1 aliphatic rings. The number of hydrogen-bond donors (Lipinski definition) is 1. The molecule has 0 spiro atoms. The van der Waals surface area contributed by atoms with Crippen molar-refractivity contribution < 1.29 is 14.4 Å². The van der Waals surface area contributed by atoms with Gasteiger partial charge in [-0.3, -0.25) is 4.79 Å². The van der Waals surface area contributed by atoms with E-state index in [9.17, 15) is 9.90 Å². The zero-order valence-electron chi connectivity index (χ0n) is 13.8. The molecule has 0 saturated carbocycles. The van der Waals surface area contributed by atoms with E-state index in [2.05, 4.69) is 12.1 Å². The van der Waals surface area contributed by atoms with E-state index in [1.807, 2.05) is 19.0 Å². The number of likely N-dealkylation sites (tertiary alicyclic amines) is 1. The van der Waals surface area contributed by atoms with Crippen molar-refractivity contribution in [2.24, 2.45) is 0 Å². The summed E-state index contributed by atoms with van der Waals surface area (Å²) in [6.07, 6.45) is 3.87. The first-order valence-corrected chi connectivity index (χ1v) is 8.05. The van der Waals surface area contributed by atoms with Crippen LogP contribution in [0.3, 0.4) is 0 Å². The van der Waals surface area contributed by atoms with Gasteiger partial charge >= 0.3 is 0 Å². The van der Waals surface area contributed by atoms with Gasteiger partial charge in [0.25, 0.3) is 5.91 Å². The smallest absolute Gasteiger partial charge is 0.276 e. The van der Waals surface area contributed by atoms with Crippen molar-refractivity contribution in [1.29, 1.82) is 0 Å². The SMILES string of the molecule is CCCc1cc(C(=O)N2CCC[C@@](O)(CN(C)C)CC2)no1. The fourth-order valence-corrected chi connectivity index (χ4v) is 3.07. The number of amides is 1. The Hall–Kier alpha value is -1.40. The Kier molecular flexibility index (Phi) is 5.58. The maximum atomic E-state index is 12.5. The summed E-state index contributed by atoms with van der Waals surface area (Å²) < 4.78 is 5.19. The zero-order chi connectivity index (χ0) is 16.2. The molecule has 1 aromatic rings. The van der Waals surface area contributed by atoms with Crippen LogP contribution in [-0.4, -0.2) is 65.3 Å². The minimum atomic E-state index is -0.713. The average Bonchev–Trinajstić information content (AvgIpc) is 2.81. The van der Waals surface area contributed by atoms with E-state index in [1.165, 1.54) is 0 Å². The van der Waals surface area contributed by atoms with Gasteiger partial charge in [0.15, 0.2) is 5.69 Å². The number of aromatic nitrogens is 1. The van der Waals surface area contributed by atoms with Crippen LogP contribution in [0.4, 0.5) is 0 Å². The largest absolute Gasteiger partial charge is 0.388 e. The van der Waals surface area contributed by atoms with Crippen LogP contribution in [0.1, 0.15) is 48.9 Å². The van der Waals surface area contributed by atoms with Crippen LogP contribution in [0.25, 0.3) is 0 Å². The molecule has 0 bridgehead atoms. The zero-order valence-corrected chi connectivity index (χ0v) is 13.8. The number of likely N-dealkylation sites (N-methyl/N-ethyl adjacent to an activating group) is 1. The normalized spacial score (nSPS) is 22.9. The number of rotatable bonds is 5. The second-order valence-corrected chi connectivity index (χ2v) is 6.54. The molecule has 1 saturated heterocycles. The molecular formula is C16H27N3O3. The van der Waals surface area contributed by atoms with Crippen molar-refractivity contribution in [3.8, 4) is 0 Å². The molecule has 2 heterocycles. The van der Waals surface area contributed by atoms with Crippen molar-refractivity contribution >= 4 is 5.91 Å². The Labute approximate surface area is 132 Å². The molecule has 1 fully saturated rings. The Morgan fingerprint density at radius 2 is 2.23 bits per heavy atom. The molecule has 2 rings (SSSR count). The lowest BCUT2D eigenvalue weighted by atomic mass is 9.94. The fraction of sp³-hybridized carbons (Fsp3) is 0.750. The molecule has 0 unspecified atom stereocenters. The second kappa shape index (κ2) is 7.24. The minimum absolute atomic E-state index is 0.0970. The van der Waals surface area contributed by atoms with Crippen molar-refractivity contribution in [2.45, 2.75) is 44.6 Å². The molecule has 1 aromatic heterocycles.